The zero-order chi connectivity index (χ0) is 6.85. The first-order chi connectivity index (χ1) is 4.29. The van der Waals surface area contributed by atoms with Crippen LogP contribution in [0, 0.1) is 17.2 Å². The third kappa shape index (κ3) is 0.752. The van der Waals surface area contributed by atoms with Gasteiger partial charge in [0.1, 0.15) is 0 Å². The first-order valence-corrected chi connectivity index (χ1v) is 2.52. The van der Waals surface area contributed by atoms with E-state index in [0.29, 0.717) is 0 Å². The van der Waals surface area contributed by atoms with Gasteiger partial charge in [0.05, 0.1) is 6.07 Å². The molecule has 1 rings (SSSR count). The predicted molar refractivity (Wildman–Crippen MR) is 28.0 cm³/mol. The molecular formula is C5H6N2O2. The average molecular weight is 126 g/mol. The summed E-state index contributed by atoms with van der Waals surface area (Å²) in [6.45, 7) is 0. The van der Waals surface area contributed by atoms with Crippen molar-refractivity contribution in [1.82, 2.24) is 5.32 Å². The lowest BCUT2D eigenvalue weighted by Gasteiger charge is -2.29. The molecule has 0 aromatic carbocycles. The van der Waals surface area contributed by atoms with E-state index in [2.05, 4.69) is 5.32 Å². The van der Waals surface area contributed by atoms with Crippen LogP contribution in [0.3, 0.4) is 0 Å². The summed E-state index contributed by atoms with van der Waals surface area (Å²) in [4.78, 5) is 10.4. The van der Waals surface area contributed by atoms with Gasteiger partial charge in [-0.05, 0) is 0 Å². The van der Waals surface area contributed by atoms with E-state index < -0.39 is 5.92 Å². The van der Waals surface area contributed by atoms with Gasteiger partial charge in [-0.1, -0.05) is 0 Å². The third-order valence-corrected chi connectivity index (χ3v) is 1.26. The van der Waals surface area contributed by atoms with Crippen molar-refractivity contribution >= 4 is 5.91 Å². The summed E-state index contributed by atoms with van der Waals surface area (Å²) < 4.78 is 4.71. The Kier molecular flexibility index (Phi) is 1.37. The number of ether oxygens (including phenoxy) is 1. The Morgan fingerprint density at radius 1 is 1.89 bits per heavy atom. The van der Waals surface area contributed by atoms with E-state index in [1.165, 1.54) is 7.11 Å². The van der Waals surface area contributed by atoms with Crippen molar-refractivity contribution in [3.63, 3.8) is 0 Å². The number of nitrogens with one attached hydrogen (secondary N) is 1. The molecule has 1 heterocycles. The van der Waals surface area contributed by atoms with Crippen molar-refractivity contribution in [3.8, 4) is 6.07 Å². The normalized spacial score (nSPS) is 32.2. The monoisotopic (exact) mass is 126 g/mol. The first-order valence-electron chi connectivity index (χ1n) is 2.52. The topological polar surface area (TPSA) is 62.1 Å². The minimum absolute atomic E-state index is 0.246. The van der Waals surface area contributed by atoms with Gasteiger partial charge in [0.25, 0.3) is 0 Å². The summed E-state index contributed by atoms with van der Waals surface area (Å²) in [6, 6.07) is 1.82. The predicted octanol–water partition coefficient (Wildman–Crippen LogP) is -0.772. The van der Waals surface area contributed by atoms with Crippen LogP contribution in [-0.2, 0) is 9.53 Å². The molecule has 0 radical (unpaired) electrons. The van der Waals surface area contributed by atoms with Gasteiger partial charge in [-0.3, -0.25) is 4.79 Å². The maximum Gasteiger partial charge on any atom is 0.244 e. The molecule has 1 N–H and O–H groups in total. The number of carbonyl (C=O) groups is 1. The van der Waals surface area contributed by atoms with Crippen molar-refractivity contribution in [1.29, 1.82) is 5.26 Å². The molecule has 1 aliphatic rings. The summed E-state index contributed by atoms with van der Waals surface area (Å²) in [5.41, 5.74) is 0. The van der Waals surface area contributed by atoms with Crippen molar-refractivity contribution in [2.75, 3.05) is 7.11 Å². The van der Waals surface area contributed by atoms with Crippen LogP contribution >= 0.6 is 0 Å². The highest BCUT2D eigenvalue weighted by Crippen LogP contribution is 2.13. The molecule has 4 nitrogen and oxygen atoms in total. The number of nitriles is 1. The molecule has 1 saturated heterocycles. The van der Waals surface area contributed by atoms with Crippen molar-refractivity contribution in [2.45, 2.75) is 6.23 Å². The number of methoxy groups -OCH3 is 1. The standard InChI is InChI=1S/C5H6N2O2/c1-9-5-3(2-6)4(8)7-5/h3,5H,1H3,(H,7,8)/t3-,5-/m0/s1. The minimum atomic E-state index is -0.602. The second-order valence-corrected chi connectivity index (χ2v) is 1.77. The molecule has 0 unspecified atom stereocenters. The second-order valence-electron chi connectivity index (χ2n) is 1.77. The fourth-order valence-corrected chi connectivity index (χ4v) is 0.676. The molecule has 0 saturated carbocycles. The summed E-state index contributed by atoms with van der Waals surface area (Å²) in [5.74, 6) is -0.848. The Labute approximate surface area is 52.4 Å². The molecule has 0 aliphatic carbocycles. The van der Waals surface area contributed by atoms with Crippen LogP contribution < -0.4 is 5.32 Å². The van der Waals surface area contributed by atoms with E-state index in [9.17, 15) is 4.79 Å². The van der Waals surface area contributed by atoms with Gasteiger partial charge in [0.2, 0.25) is 5.91 Å². The van der Waals surface area contributed by atoms with E-state index >= 15 is 0 Å². The van der Waals surface area contributed by atoms with Crippen LogP contribution in [0.25, 0.3) is 0 Å². The van der Waals surface area contributed by atoms with Gasteiger partial charge in [-0.25, -0.2) is 0 Å². The molecule has 0 spiro atoms. The maximum atomic E-state index is 10.4. The Morgan fingerprint density at radius 3 is 2.78 bits per heavy atom. The zero-order valence-electron chi connectivity index (χ0n) is 4.92. The molecule has 1 fully saturated rings. The van der Waals surface area contributed by atoms with Crippen LogP contribution in [-0.4, -0.2) is 19.2 Å². The van der Waals surface area contributed by atoms with Crippen molar-refractivity contribution in [3.05, 3.63) is 0 Å². The third-order valence-electron chi connectivity index (χ3n) is 1.26. The number of rotatable bonds is 1. The van der Waals surface area contributed by atoms with Gasteiger partial charge in [-0.2, -0.15) is 5.26 Å². The fourth-order valence-electron chi connectivity index (χ4n) is 0.676. The Hall–Kier alpha value is -1.08. The van der Waals surface area contributed by atoms with E-state index in [0.717, 1.165) is 0 Å². The van der Waals surface area contributed by atoms with Crippen LogP contribution in [0.4, 0.5) is 0 Å². The van der Waals surface area contributed by atoms with E-state index in [1.54, 1.807) is 0 Å². The summed E-state index contributed by atoms with van der Waals surface area (Å²) >= 11 is 0. The zero-order valence-corrected chi connectivity index (χ0v) is 4.92. The quantitative estimate of drug-likeness (QED) is 0.469. The van der Waals surface area contributed by atoms with Gasteiger partial charge in [-0.15, -0.1) is 0 Å². The lowest BCUT2D eigenvalue weighted by atomic mass is 10.0. The maximum absolute atomic E-state index is 10.4. The highest BCUT2D eigenvalue weighted by molar-refractivity contribution is 5.87. The van der Waals surface area contributed by atoms with Gasteiger partial charge < -0.3 is 10.1 Å². The van der Waals surface area contributed by atoms with E-state index in [1.807, 2.05) is 6.07 Å². The van der Waals surface area contributed by atoms with Crippen molar-refractivity contribution in [2.24, 2.45) is 5.92 Å². The number of β-lactam (4-membered cyclic amide) rings is 1. The number of carbonyl (C=O) groups excluding carboxylic acids is 1. The van der Waals surface area contributed by atoms with E-state index in [4.69, 9.17) is 10.00 Å². The molecule has 0 bridgehead atoms. The van der Waals surface area contributed by atoms with Crippen LogP contribution in [0.5, 0.6) is 0 Å². The smallest absolute Gasteiger partial charge is 0.244 e. The van der Waals surface area contributed by atoms with Gasteiger partial charge >= 0.3 is 0 Å². The Morgan fingerprint density at radius 2 is 2.56 bits per heavy atom. The summed E-state index contributed by atoms with van der Waals surface area (Å²) in [6.07, 6.45) is -0.387. The molecule has 1 amide bonds. The van der Waals surface area contributed by atoms with Crippen LogP contribution in [0.1, 0.15) is 0 Å². The second kappa shape index (κ2) is 2.03. The molecule has 2 atom stereocenters. The lowest BCUT2D eigenvalue weighted by molar-refractivity contribution is -0.144. The highest BCUT2D eigenvalue weighted by atomic mass is 16.5. The largest absolute Gasteiger partial charge is 0.360 e. The average Bonchev–Trinajstić information content (AvgIpc) is 1.83. The Balaban J connectivity index is 2.50. The molecule has 4 heteroatoms. The van der Waals surface area contributed by atoms with Gasteiger partial charge in [0, 0.05) is 7.11 Å². The fraction of sp³-hybridized carbons (Fsp3) is 0.600. The SMILES string of the molecule is CO[C@@H]1NC(=O)[C@@H]1C#N. The molecule has 1 aliphatic heterocycles. The molecule has 48 valence electrons. The van der Waals surface area contributed by atoms with Crippen molar-refractivity contribution < 1.29 is 9.53 Å². The molecule has 9 heavy (non-hydrogen) atoms. The summed E-state index contributed by atoms with van der Waals surface area (Å²) in [7, 11) is 1.45. The summed E-state index contributed by atoms with van der Waals surface area (Å²) in [5, 5.41) is 10.7. The van der Waals surface area contributed by atoms with Crippen LogP contribution in [0.2, 0.25) is 0 Å². The highest BCUT2D eigenvalue weighted by Gasteiger charge is 2.39. The number of nitrogens with zero attached hydrogens (tertiary/aromatic N) is 1. The van der Waals surface area contributed by atoms with E-state index in [-0.39, 0.29) is 12.1 Å². The first kappa shape index (κ1) is 6.05. The number of hydrogen-bond donors (Lipinski definition) is 1. The number of amides is 1. The minimum Gasteiger partial charge on any atom is -0.360 e. The Bertz CT molecular complexity index is 172. The molecule has 0 aromatic heterocycles. The van der Waals surface area contributed by atoms with Crippen LogP contribution in [0.15, 0.2) is 0 Å². The molecular weight excluding hydrogens is 120 g/mol. The number of hydrogen-bond acceptors (Lipinski definition) is 3. The van der Waals surface area contributed by atoms with Gasteiger partial charge in [0.15, 0.2) is 12.1 Å². The lowest BCUT2D eigenvalue weighted by Crippen LogP contribution is -2.58. The molecule has 0 aromatic rings.